The molecule has 0 bridgehead atoms. The van der Waals surface area contributed by atoms with Gasteiger partial charge in [-0.05, 0) is 93.6 Å². The topological polar surface area (TPSA) is 82.3 Å². The molecule has 176 valence electrons. The molecule has 1 aliphatic heterocycles. The average molecular weight is 450 g/mol. The van der Waals surface area contributed by atoms with Crippen LogP contribution in [-0.2, 0) is 0 Å². The van der Waals surface area contributed by atoms with Crippen LogP contribution in [0.2, 0.25) is 0 Å². The summed E-state index contributed by atoms with van der Waals surface area (Å²) in [7, 11) is 0. The average Bonchev–Trinajstić information content (AvgIpc) is 3.18. The van der Waals surface area contributed by atoms with E-state index in [1.54, 1.807) is 0 Å². The number of piperidine rings is 1. The zero-order chi connectivity index (χ0) is 23.4. The van der Waals surface area contributed by atoms with Crippen LogP contribution in [0.5, 0.6) is 5.75 Å². The maximum atomic E-state index is 12.5. The summed E-state index contributed by atoms with van der Waals surface area (Å²) in [6.45, 7) is 11.9. The van der Waals surface area contributed by atoms with Crippen molar-refractivity contribution < 1.29 is 9.53 Å². The number of nitrogens with zero attached hydrogens (tertiary/aromatic N) is 2. The summed E-state index contributed by atoms with van der Waals surface area (Å²) in [5, 5.41) is 5.72. The van der Waals surface area contributed by atoms with Crippen molar-refractivity contribution in [2.45, 2.75) is 52.6 Å². The highest BCUT2D eigenvalue weighted by Gasteiger charge is 2.24. The third-order valence-electron chi connectivity index (χ3n) is 5.93. The van der Waals surface area contributed by atoms with Crippen molar-refractivity contribution in [1.82, 2.24) is 14.9 Å². The summed E-state index contributed by atoms with van der Waals surface area (Å²) in [5.41, 5.74) is 3.89. The smallest absolute Gasteiger partial charge is 0.324 e. The number of anilines is 2. The molecule has 0 radical (unpaired) electrons. The molecule has 0 unspecified atom stereocenters. The Morgan fingerprint density at radius 3 is 2.48 bits per heavy atom. The highest BCUT2D eigenvalue weighted by molar-refractivity contribution is 5.99. The van der Waals surface area contributed by atoms with Gasteiger partial charge in [-0.25, -0.2) is 9.78 Å². The second-order valence-corrected chi connectivity index (χ2v) is 9.58. The fourth-order valence-corrected chi connectivity index (χ4v) is 4.51. The van der Waals surface area contributed by atoms with Crippen LogP contribution >= 0.6 is 0 Å². The van der Waals surface area contributed by atoms with Gasteiger partial charge >= 0.3 is 6.03 Å². The number of carbonyl (C=O) groups excluding carboxylic acids is 1. The van der Waals surface area contributed by atoms with Crippen LogP contribution in [0.25, 0.3) is 11.0 Å². The number of benzene rings is 1. The minimum Gasteiger partial charge on any atom is -0.491 e. The predicted molar refractivity (Wildman–Crippen MR) is 134 cm³/mol. The fraction of sp³-hybridized carbons (Fsp3) is 0.462. The van der Waals surface area contributed by atoms with Crippen molar-refractivity contribution in [1.29, 1.82) is 0 Å². The maximum absolute atomic E-state index is 12.5. The number of nitrogens with one attached hydrogen (secondary N) is 3. The Labute approximate surface area is 195 Å². The highest BCUT2D eigenvalue weighted by atomic mass is 16.5. The number of hydrogen-bond acceptors (Lipinski definition) is 4. The summed E-state index contributed by atoms with van der Waals surface area (Å²) in [6.07, 6.45) is 4.47. The van der Waals surface area contributed by atoms with Gasteiger partial charge in [0.1, 0.15) is 11.6 Å². The van der Waals surface area contributed by atoms with E-state index < -0.39 is 0 Å². The molecule has 7 heteroatoms. The molecule has 0 atom stereocenters. The fourth-order valence-electron chi connectivity index (χ4n) is 4.51. The van der Waals surface area contributed by atoms with E-state index in [0.29, 0.717) is 23.3 Å². The molecule has 1 aromatic carbocycles. The van der Waals surface area contributed by atoms with Crippen LogP contribution in [0.1, 0.15) is 52.0 Å². The van der Waals surface area contributed by atoms with Crippen LogP contribution in [0.3, 0.4) is 0 Å². The van der Waals surface area contributed by atoms with E-state index in [1.165, 1.54) is 5.56 Å². The number of urea groups is 1. The Hall–Kier alpha value is -3.06. The first kappa shape index (κ1) is 23.1. The Morgan fingerprint density at radius 2 is 1.82 bits per heavy atom. The first-order chi connectivity index (χ1) is 15.9. The number of aromatic nitrogens is 2. The van der Waals surface area contributed by atoms with E-state index >= 15 is 0 Å². The third-order valence-corrected chi connectivity index (χ3v) is 5.93. The van der Waals surface area contributed by atoms with E-state index in [0.717, 1.165) is 49.3 Å². The Balaban J connectivity index is 1.39. The number of pyridine rings is 1. The quantitative estimate of drug-likeness (QED) is 0.424. The Bertz CT molecular complexity index is 1070. The van der Waals surface area contributed by atoms with Gasteiger partial charge < -0.3 is 19.9 Å². The van der Waals surface area contributed by atoms with Crippen LogP contribution < -0.4 is 15.4 Å². The van der Waals surface area contributed by atoms with Crippen LogP contribution in [0, 0.1) is 5.92 Å². The monoisotopic (exact) mass is 449 g/mol. The molecule has 3 aromatic rings. The van der Waals surface area contributed by atoms with Gasteiger partial charge in [-0.2, -0.15) is 0 Å². The molecule has 7 nitrogen and oxygen atoms in total. The lowest BCUT2D eigenvalue weighted by molar-refractivity contribution is 0.192. The van der Waals surface area contributed by atoms with Crippen LogP contribution in [0.4, 0.5) is 16.3 Å². The third kappa shape index (κ3) is 6.05. The number of carbonyl (C=O) groups is 1. The maximum Gasteiger partial charge on any atom is 0.324 e. The highest BCUT2D eigenvalue weighted by Crippen LogP contribution is 2.33. The molecule has 3 N–H and O–H groups in total. The van der Waals surface area contributed by atoms with Gasteiger partial charge in [0.15, 0.2) is 0 Å². The molecule has 1 saturated heterocycles. The summed E-state index contributed by atoms with van der Waals surface area (Å²) in [5.74, 6) is 2.50. The van der Waals surface area contributed by atoms with Gasteiger partial charge in [0.25, 0.3) is 0 Å². The lowest BCUT2D eigenvalue weighted by Gasteiger charge is -2.32. The Morgan fingerprint density at radius 1 is 1.09 bits per heavy atom. The van der Waals surface area contributed by atoms with Crippen molar-refractivity contribution in [2.24, 2.45) is 5.92 Å². The van der Waals surface area contributed by atoms with Gasteiger partial charge in [-0.15, -0.1) is 0 Å². The largest absolute Gasteiger partial charge is 0.491 e. The first-order valence-electron chi connectivity index (χ1n) is 11.9. The number of likely N-dealkylation sites (tertiary alicyclic amines) is 1. The van der Waals surface area contributed by atoms with Crippen LogP contribution in [-0.4, -0.2) is 46.6 Å². The molecule has 2 aromatic heterocycles. The SMILES string of the molecule is CC(C)CN1CCC(c2c[nH]c3ccc(NC(=O)Nc4ccc(OC(C)C)cc4)nc23)CC1. The zero-order valence-corrected chi connectivity index (χ0v) is 20.0. The van der Waals surface area contributed by atoms with E-state index in [-0.39, 0.29) is 12.1 Å². The van der Waals surface area contributed by atoms with Gasteiger partial charge in [-0.3, -0.25) is 5.32 Å². The van der Waals surface area contributed by atoms with Crippen molar-refractivity contribution in [3.05, 3.63) is 48.2 Å². The van der Waals surface area contributed by atoms with E-state index in [9.17, 15) is 4.79 Å². The van der Waals surface area contributed by atoms with Crippen molar-refractivity contribution in [3.63, 3.8) is 0 Å². The Kier molecular flexibility index (Phi) is 7.18. The van der Waals surface area contributed by atoms with Gasteiger partial charge in [-0.1, -0.05) is 13.8 Å². The minimum absolute atomic E-state index is 0.110. The molecular formula is C26H35N5O2. The zero-order valence-electron chi connectivity index (χ0n) is 20.0. The minimum atomic E-state index is -0.321. The molecule has 1 aliphatic rings. The van der Waals surface area contributed by atoms with Gasteiger partial charge in [0.05, 0.1) is 17.1 Å². The lowest BCUT2D eigenvalue weighted by atomic mass is 9.90. The molecule has 0 saturated carbocycles. The normalized spacial score (nSPS) is 15.3. The van der Waals surface area contributed by atoms with E-state index in [1.807, 2.05) is 50.2 Å². The second-order valence-electron chi connectivity index (χ2n) is 9.58. The van der Waals surface area contributed by atoms with Gasteiger partial charge in [0, 0.05) is 18.4 Å². The number of rotatable bonds is 7. The molecule has 0 spiro atoms. The van der Waals surface area contributed by atoms with E-state index in [2.05, 4.69) is 40.6 Å². The number of aromatic amines is 1. The number of amides is 2. The lowest BCUT2D eigenvalue weighted by Crippen LogP contribution is -2.35. The molecule has 4 rings (SSSR count). The molecule has 0 aliphatic carbocycles. The van der Waals surface area contributed by atoms with Crippen molar-refractivity contribution >= 4 is 28.6 Å². The standard InChI is InChI=1S/C26H35N5O2/c1-17(2)16-31-13-11-19(12-14-31)22-15-27-23-9-10-24(29-25(22)23)30-26(32)28-20-5-7-21(8-6-20)33-18(3)4/h5-10,15,17-19,27H,11-14,16H2,1-4H3,(H2,28,29,30,32). The van der Waals surface area contributed by atoms with Gasteiger partial charge in [0.2, 0.25) is 0 Å². The van der Waals surface area contributed by atoms with Crippen LogP contribution in [0.15, 0.2) is 42.6 Å². The van der Waals surface area contributed by atoms with Crippen molar-refractivity contribution in [3.8, 4) is 5.75 Å². The first-order valence-corrected chi connectivity index (χ1v) is 11.9. The molecular weight excluding hydrogens is 414 g/mol. The number of H-pyrrole nitrogens is 1. The summed E-state index contributed by atoms with van der Waals surface area (Å²) in [4.78, 5) is 23.2. The summed E-state index contributed by atoms with van der Waals surface area (Å²) >= 11 is 0. The van der Waals surface area contributed by atoms with Crippen molar-refractivity contribution in [2.75, 3.05) is 30.3 Å². The molecule has 33 heavy (non-hydrogen) atoms. The molecule has 1 fully saturated rings. The summed E-state index contributed by atoms with van der Waals surface area (Å²) < 4.78 is 5.64. The molecule has 3 heterocycles. The number of ether oxygens (including phenoxy) is 1. The number of fused-ring (bicyclic) bond motifs is 1. The predicted octanol–water partition coefficient (Wildman–Crippen LogP) is 5.83. The molecule has 2 amide bonds. The number of hydrogen-bond donors (Lipinski definition) is 3. The second kappa shape index (κ2) is 10.3. The summed E-state index contributed by atoms with van der Waals surface area (Å²) in [6, 6.07) is 10.8. The van der Waals surface area contributed by atoms with E-state index in [4.69, 9.17) is 9.72 Å².